The van der Waals surface area contributed by atoms with E-state index in [1.807, 2.05) is 23.1 Å². The molecular formula is C16H17N3O3S. The van der Waals surface area contributed by atoms with E-state index in [-0.39, 0.29) is 12.5 Å². The number of rotatable bonds is 5. The molecule has 0 radical (unpaired) electrons. The first kappa shape index (κ1) is 15.4. The van der Waals surface area contributed by atoms with Crippen molar-refractivity contribution in [2.45, 2.75) is 6.42 Å². The molecule has 0 atom stereocenters. The molecule has 1 aliphatic heterocycles. The van der Waals surface area contributed by atoms with Gasteiger partial charge in [0, 0.05) is 12.2 Å². The zero-order chi connectivity index (χ0) is 16.4. The van der Waals surface area contributed by atoms with Crippen LogP contribution in [-0.4, -0.2) is 32.0 Å². The minimum absolute atomic E-state index is 0.168. The molecule has 0 unspecified atom stereocenters. The maximum atomic E-state index is 12.3. The quantitative estimate of drug-likeness (QED) is 0.876. The number of ether oxygens (including phenoxy) is 1. The number of nitrogens with two attached hydrogens (primary N) is 1. The Morgan fingerprint density at radius 2 is 2.22 bits per heavy atom. The number of nitrogens with one attached hydrogen (secondary N) is 1. The van der Waals surface area contributed by atoms with Gasteiger partial charge >= 0.3 is 0 Å². The molecule has 1 aromatic heterocycles. The summed E-state index contributed by atoms with van der Waals surface area (Å²) in [6.07, 6.45) is 0.880. The molecule has 1 aliphatic rings. The molecule has 6 nitrogen and oxygen atoms in total. The molecule has 23 heavy (non-hydrogen) atoms. The predicted octanol–water partition coefficient (Wildman–Crippen LogP) is 1.86. The molecule has 3 rings (SSSR count). The van der Waals surface area contributed by atoms with E-state index in [2.05, 4.69) is 5.32 Å². The summed E-state index contributed by atoms with van der Waals surface area (Å²) in [4.78, 5) is 25.6. The highest BCUT2D eigenvalue weighted by molar-refractivity contribution is 7.14. The molecule has 7 heteroatoms. The van der Waals surface area contributed by atoms with E-state index in [1.54, 1.807) is 18.6 Å². The number of methoxy groups -OCH3 is 1. The van der Waals surface area contributed by atoms with Gasteiger partial charge in [0.05, 0.1) is 19.2 Å². The van der Waals surface area contributed by atoms with Gasteiger partial charge in [-0.1, -0.05) is 0 Å². The standard InChI is InChI=1S/C16H17N3O3S/c1-22-11-2-3-13-10(8-11)4-6-19(13)9-14(20)18-16-12(15(17)21)5-7-23-16/h2-3,5,7-8H,4,6,9H2,1H3,(H2,17,21)(H,18,20). The number of amides is 2. The predicted molar refractivity (Wildman–Crippen MR) is 90.4 cm³/mol. The van der Waals surface area contributed by atoms with Gasteiger partial charge in [0.1, 0.15) is 10.8 Å². The third-order valence-electron chi connectivity index (χ3n) is 3.80. The van der Waals surface area contributed by atoms with Crippen LogP contribution in [0, 0.1) is 0 Å². The molecule has 2 heterocycles. The van der Waals surface area contributed by atoms with Gasteiger partial charge in [-0.2, -0.15) is 0 Å². The number of primary amides is 1. The number of fused-ring (bicyclic) bond motifs is 1. The van der Waals surface area contributed by atoms with Crippen LogP contribution >= 0.6 is 11.3 Å². The normalized spacial score (nSPS) is 12.8. The van der Waals surface area contributed by atoms with Crippen molar-refractivity contribution in [2.75, 3.05) is 30.4 Å². The summed E-state index contributed by atoms with van der Waals surface area (Å²) < 4.78 is 5.22. The lowest BCUT2D eigenvalue weighted by atomic mass is 10.1. The van der Waals surface area contributed by atoms with Crippen molar-refractivity contribution in [1.29, 1.82) is 0 Å². The molecule has 3 N–H and O–H groups in total. The Bertz CT molecular complexity index is 757. The molecule has 0 fully saturated rings. The van der Waals surface area contributed by atoms with E-state index in [9.17, 15) is 9.59 Å². The number of nitrogens with zero attached hydrogens (tertiary/aromatic N) is 1. The molecule has 2 aromatic rings. The number of benzene rings is 1. The lowest BCUT2D eigenvalue weighted by molar-refractivity contribution is -0.114. The number of hydrogen-bond acceptors (Lipinski definition) is 5. The van der Waals surface area contributed by atoms with Crippen LogP contribution in [-0.2, 0) is 11.2 Å². The van der Waals surface area contributed by atoms with Gasteiger partial charge in [0.25, 0.3) is 5.91 Å². The SMILES string of the molecule is COc1ccc2c(c1)CCN2CC(=O)Nc1sccc1C(N)=O. The third-order valence-corrected chi connectivity index (χ3v) is 4.63. The van der Waals surface area contributed by atoms with Crippen LogP contribution in [0.2, 0.25) is 0 Å². The average molecular weight is 331 g/mol. The van der Waals surface area contributed by atoms with E-state index in [4.69, 9.17) is 10.5 Å². The second-order valence-electron chi connectivity index (χ2n) is 5.24. The summed E-state index contributed by atoms with van der Waals surface area (Å²) in [5.41, 5.74) is 7.84. The van der Waals surface area contributed by atoms with Gasteiger partial charge in [0.2, 0.25) is 5.91 Å². The van der Waals surface area contributed by atoms with Crippen molar-refractivity contribution < 1.29 is 14.3 Å². The molecule has 2 amide bonds. The van der Waals surface area contributed by atoms with Crippen molar-refractivity contribution in [2.24, 2.45) is 5.73 Å². The zero-order valence-electron chi connectivity index (χ0n) is 12.7. The molecule has 0 saturated carbocycles. The number of carbonyl (C=O) groups is 2. The number of thiophene rings is 1. The number of carbonyl (C=O) groups excluding carboxylic acids is 2. The average Bonchev–Trinajstić information content (AvgIpc) is 3.14. The molecule has 0 aliphatic carbocycles. The molecule has 0 spiro atoms. The minimum Gasteiger partial charge on any atom is -0.497 e. The van der Waals surface area contributed by atoms with E-state index in [1.165, 1.54) is 16.9 Å². The fourth-order valence-electron chi connectivity index (χ4n) is 2.68. The highest BCUT2D eigenvalue weighted by Gasteiger charge is 2.22. The van der Waals surface area contributed by atoms with Gasteiger partial charge in [-0.3, -0.25) is 9.59 Å². The van der Waals surface area contributed by atoms with Crippen LogP contribution in [0.4, 0.5) is 10.7 Å². The second-order valence-corrected chi connectivity index (χ2v) is 6.16. The zero-order valence-corrected chi connectivity index (χ0v) is 13.5. The summed E-state index contributed by atoms with van der Waals surface area (Å²) in [7, 11) is 1.64. The van der Waals surface area contributed by atoms with E-state index in [0.717, 1.165) is 24.4 Å². The largest absolute Gasteiger partial charge is 0.497 e. The van der Waals surface area contributed by atoms with E-state index in [0.29, 0.717) is 10.6 Å². The fraction of sp³-hybridized carbons (Fsp3) is 0.250. The number of anilines is 2. The van der Waals surface area contributed by atoms with Gasteiger partial charge < -0.3 is 20.7 Å². The van der Waals surface area contributed by atoms with Crippen LogP contribution in [0.15, 0.2) is 29.6 Å². The van der Waals surface area contributed by atoms with Gasteiger partial charge in [-0.15, -0.1) is 11.3 Å². The Labute approximate surface area is 137 Å². The fourth-order valence-corrected chi connectivity index (χ4v) is 3.49. The van der Waals surface area contributed by atoms with E-state index < -0.39 is 5.91 Å². The maximum absolute atomic E-state index is 12.3. The van der Waals surface area contributed by atoms with Crippen LogP contribution in [0.1, 0.15) is 15.9 Å². The smallest absolute Gasteiger partial charge is 0.251 e. The van der Waals surface area contributed by atoms with Crippen molar-refractivity contribution in [3.05, 3.63) is 40.8 Å². The van der Waals surface area contributed by atoms with Gasteiger partial charge in [-0.25, -0.2) is 0 Å². The maximum Gasteiger partial charge on any atom is 0.251 e. The summed E-state index contributed by atoms with van der Waals surface area (Å²) >= 11 is 1.29. The molecule has 120 valence electrons. The first-order valence-electron chi connectivity index (χ1n) is 7.17. The van der Waals surface area contributed by atoms with Crippen molar-refractivity contribution in [3.63, 3.8) is 0 Å². The van der Waals surface area contributed by atoms with Crippen LogP contribution in [0.25, 0.3) is 0 Å². The summed E-state index contributed by atoms with van der Waals surface area (Å²) in [5, 5.41) is 4.99. The summed E-state index contributed by atoms with van der Waals surface area (Å²) in [6, 6.07) is 7.46. The Morgan fingerprint density at radius 3 is 2.96 bits per heavy atom. The van der Waals surface area contributed by atoms with Crippen LogP contribution in [0.5, 0.6) is 5.75 Å². The molecule has 0 bridgehead atoms. The summed E-state index contributed by atoms with van der Waals surface area (Å²) in [5.74, 6) is 0.110. The molecular weight excluding hydrogens is 314 g/mol. The Balaban J connectivity index is 1.68. The topological polar surface area (TPSA) is 84.7 Å². The first-order chi connectivity index (χ1) is 11.1. The highest BCUT2D eigenvalue weighted by atomic mass is 32.1. The monoisotopic (exact) mass is 331 g/mol. The molecule has 0 saturated heterocycles. The van der Waals surface area contributed by atoms with Crippen LogP contribution in [0.3, 0.4) is 0 Å². The lowest BCUT2D eigenvalue weighted by Gasteiger charge is -2.19. The second kappa shape index (κ2) is 6.29. The lowest BCUT2D eigenvalue weighted by Crippen LogP contribution is -2.32. The summed E-state index contributed by atoms with van der Waals surface area (Å²) in [6.45, 7) is 1.01. The number of hydrogen-bond donors (Lipinski definition) is 2. The Morgan fingerprint density at radius 1 is 1.39 bits per heavy atom. The van der Waals surface area contributed by atoms with Crippen molar-refractivity contribution in [1.82, 2.24) is 0 Å². The molecule has 1 aromatic carbocycles. The van der Waals surface area contributed by atoms with Crippen molar-refractivity contribution in [3.8, 4) is 5.75 Å². The van der Waals surface area contributed by atoms with E-state index >= 15 is 0 Å². The first-order valence-corrected chi connectivity index (χ1v) is 8.05. The minimum atomic E-state index is -0.542. The third kappa shape index (κ3) is 3.14. The van der Waals surface area contributed by atoms with Gasteiger partial charge in [-0.05, 0) is 41.6 Å². The Kier molecular flexibility index (Phi) is 4.20. The Hall–Kier alpha value is -2.54. The van der Waals surface area contributed by atoms with Gasteiger partial charge in [0.15, 0.2) is 0 Å². The van der Waals surface area contributed by atoms with Crippen molar-refractivity contribution >= 4 is 33.8 Å². The van der Waals surface area contributed by atoms with Crippen LogP contribution < -0.4 is 20.7 Å². The highest BCUT2D eigenvalue weighted by Crippen LogP contribution is 2.31.